The Morgan fingerprint density at radius 1 is 1.43 bits per heavy atom. The van der Waals surface area contributed by atoms with E-state index in [1.807, 2.05) is 30.3 Å². The zero-order chi connectivity index (χ0) is 10.2. The quantitative estimate of drug-likeness (QED) is 0.412. The zero-order valence-corrected chi connectivity index (χ0v) is 7.84. The molecule has 0 N–H and O–H groups in total. The van der Waals surface area contributed by atoms with Crippen molar-refractivity contribution in [2.45, 2.75) is 6.61 Å². The maximum atomic E-state index is 10.6. The number of esters is 1. The van der Waals surface area contributed by atoms with Gasteiger partial charge in [-0.3, -0.25) is 0 Å². The highest BCUT2D eigenvalue weighted by Gasteiger charge is 1.92. The summed E-state index contributed by atoms with van der Waals surface area (Å²) in [6.45, 7) is 0.342. The average Bonchev–Trinajstić information content (AvgIpc) is 2.25. The van der Waals surface area contributed by atoms with Crippen LogP contribution in [0.25, 0.3) is 0 Å². The van der Waals surface area contributed by atoms with Gasteiger partial charge in [0, 0.05) is 0 Å². The van der Waals surface area contributed by atoms with Gasteiger partial charge in [-0.05, 0) is 5.56 Å². The lowest BCUT2D eigenvalue weighted by Crippen LogP contribution is -2.01. The molecule has 14 heavy (non-hydrogen) atoms. The monoisotopic (exact) mass is 193 g/mol. The molecule has 4 heteroatoms. The van der Waals surface area contributed by atoms with Gasteiger partial charge < -0.3 is 9.57 Å². The molecule has 0 aromatic heterocycles. The van der Waals surface area contributed by atoms with Crippen molar-refractivity contribution >= 4 is 12.2 Å². The largest absolute Gasteiger partial charge is 0.465 e. The molecule has 1 aromatic carbocycles. The number of oxime groups is 1. The highest BCUT2D eigenvalue weighted by molar-refractivity contribution is 6.22. The first-order valence-corrected chi connectivity index (χ1v) is 4.10. The Kier molecular flexibility index (Phi) is 4.20. The summed E-state index contributed by atoms with van der Waals surface area (Å²) in [5.41, 5.74) is 0.995. The number of nitrogens with zero attached hydrogens (tertiary/aromatic N) is 1. The third-order valence-corrected chi connectivity index (χ3v) is 1.51. The SMILES string of the molecule is COC(=O)/C=N/OCc1ccccc1. The Balaban J connectivity index is 2.29. The minimum Gasteiger partial charge on any atom is -0.465 e. The van der Waals surface area contributed by atoms with Crippen LogP contribution in [0.3, 0.4) is 0 Å². The molecule has 0 atom stereocenters. The predicted molar refractivity (Wildman–Crippen MR) is 51.7 cm³/mol. The van der Waals surface area contributed by atoms with Crippen LogP contribution in [-0.4, -0.2) is 19.3 Å². The van der Waals surface area contributed by atoms with Crippen LogP contribution in [-0.2, 0) is 21.0 Å². The lowest BCUT2D eigenvalue weighted by molar-refractivity contribution is -0.132. The Bertz CT molecular complexity index is 308. The number of carbonyl (C=O) groups excluding carboxylic acids is 1. The molecule has 0 spiro atoms. The standard InChI is InChI=1S/C10H11NO3/c1-13-10(12)7-11-14-8-9-5-3-2-4-6-9/h2-7H,8H2,1H3/b11-7+. The summed E-state index contributed by atoms with van der Waals surface area (Å²) in [6, 6.07) is 9.55. The van der Waals surface area contributed by atoms with Gasteiger partial charge in [0.2, 0.25) is 0 Å². The highest BCUT2D eigenvalue weighted by atomic mass is 16.6. The van der Waals surface area contributed by atoms with E-state index in [9.17, 15) is 4.79 Å². The zero-order valence-electron chi connectivity index (χ0n) is 7.84. The molecule has 0 aliphatic heterocycles. The van der Waals surface area contributed by atoms with Crippen molar-refractivity contribution < 1.29 is 14.4 Å². The van der Waals surface area contributed by atoms with Gasteiger partial charge in [-0.1, -0.05) is 35.5 Å². The van der Waals surface area contributed by atoms with E-state index in [1.54, 1.807) is 0 Å². The summed E-state index contributed by atoms with van der Waals surface area (Å²) in [6.07, 6.45) is 0.989. The van der Waals surface area contributed by atoms with Gasteiger partial charge in [0.25, 0.3) is 0 Å². The van der Waals surface area contributed by atoms with Crippen molar-refractivity contribution in [3.8, 4) is 0 Å². The summed E-state index contributed by atoms with van der Waals surface area (Å²) in [7, 11) is 1.28. The van der Waals surface area contributed by atoms with Crippen molar-refractivity contribution in [1.82, 2.24) is 0 Å². The van der Waals surface area contributed by atoms with E-state index in [4.69, 9.17) is 4.84 Å². The molecule has 0 saturated carbocycles. The predicted octanol–water partition coefficient (Wildman–Crippen LogP) is 1.36. The Labute approximate surface area is 82.1 Å². The fourth-order valence-corrected chi connectivity index (χ4v) is 0.819. The van der Waals surface area contributed by atoms with E-state index in [1.165, 1.54) is 7.11 Å². The summed E-state index contributed by atoms with van der Waals surface area (Å²) in [5, 5.41) is 3.44. The van der Waals surface area contributed by atoms with Crippen molar-refractivity contribution in [1.29, 1.82) is 0 Å². The summed E-state index contributed by atoms with van der Waals surface area (Å²) in [4.78, 5) is 15.4. The lowest BCUT2D eigenvalue weighted by atomic mass is 10.2. The van der Waals surface area contributed by atoms with Crippen LogP contribution in [0.15, 0.2) is 35.5 Å². The number of hydrogen-bond donors (Lipinski definition) is 0. The van der Waals surface area contributed by atoms with Crippen LogP contribution in [0.5, 0.6) is 0 Å². The molecule has 0 unspecified atom stereocenters. The Morgan fingerprint density at radius 3 is 2.79 bits per heavy atom. The van der Waals surface area contributed by atoms with Crippen LogP contribution >= 0.6 is 0 Å². The van der Waals surface area contributed by atoms with Crippen molar-refractivity contribution in [2.24, 2.45) is 5.16 Å². The molecule has 0 bridgehead atoms. The number of rotatable bonds is 4. The molecule has 1 aromatic rings. The number of benzene rings is 1. The van der Waals surface area contributed by atoms with Gasteiger partial charge >= 0.3 is 5.97 Å². The third kappa shape index (κ3) is 3.71. The second kappa shape index (κ2) is 5.75. The fourth-order valence-electron chi connectivity index (χ4n) is 0.819. The van der Waals surface area contributed by atoms with Gasteiger partial charge in [-0.15, -0.1) is 0 Å². The first kappa shape index (κ1) is 10.2. The maximum Gasteiger partial charge on any atom is 0.352 e. The molecule has 0 aliphatic rings. The van der Waals surface area contributed by atoms with E-state index < -0.39 is 5.97 Å². The van der Waals surface area contributed by atoms with Gasteiger partial charge in [0.05, 0.1) is 7.11 Å². The van der Waals surface area contributed by atoms with Crippen molar-refractivity contribution in [2.75, 3.05) is 7.11 Å². The van der Waals surface area contributed by atoms with Gasteiger partial charge in [-0.25, -0.2) is 4.79 Å². The smallest absolute Gasteiger partial charge is 0.352 e. The van der Waals surface area contributed by atoms with Crippen LogP contribution in [0.4, 0.5) is 0 Å². The van der Waals surface area contributed by atoms with E-state index in [0.717, 1.165) is 11.8 Å². The first-order chi connectivity index (χ1) is 6.83. The first-order valence-electron chi connectivity index (χ1n) is 4.10. The van der Waals surface area contributed by atoms with Crippen LogP contribution in [0.2, 0.25) is 0 Å². The highest BCUT2D eigenvalue weighted by Crippen LogP contribution is 1.99. The molecular weight excluding hydrogens is 182 g/mol. The molecule has 0 aliphatic carbocycles. The topological polar surface area (TPSA) is 47.9 Å². The maximum absolute atomic E-state index is 10.6. The molecule has 0 fully saturated rings. The molecule has 0 saturated heterocycles. The lowest BCUT2D eigenvalue weighted by Gasteiger charge is -1.97. The summed E-state index contributed by atoms with van der Waals surface area (Å²) in [5.74, 6) is -0.530. The Hall–Kier alpha value is -1.84. The van der Waals surface area contributed by atoms with E-state index >= 15 is 0 Å². The molecule has 0 radical (unpaired) electrons. The molecule has 74 valence electrons. The molecule has 4 nitrogen and oxygen atoms in total. The van der Waals surface area contributed by atoms with Crippen molar-refractivity contribution in [3.05, 3.63) is 35.9 Å². The normalized spacial score (nSPS) is 10.1. The molecule has 0 amide bonds. The number of ether oxygens (including phenoxy) is 1. The summed E-state index contributed by atoms with van der Waals surface area (Å²) < 4.78 is 4.33. The Morgan fingerprint density at radius 2 is 2.14 bits per heavy atom. The number of carbonyl (C=O) groups is 1. The van der Waals surface area contributed by atoms with Gasteiger partial charge in [0.15, 0.2) is 6.21 Å². The number of methoxy groups -OCH3 is 1. The minimum atomic E-state index is -0.530. The van der Waals surface area contributed by atoms with Crippen LogP contribution in [0.1, 0.15) is 5.56 Å². The second-order valence-corrected chi connectivity index (χ2v) is 2.52. The van der Waals surface area contributed by atoms with Gasteiger partial charge in [-0.2, -0.15) is 0 Å². The average molecular weight is 193 g/mol. The third-order valence-electron chi connectivity index (χ3n) is 1.51. The minimum absolute atomic E-state index is 0.342. The molecule has 0 heterocycles. The summed E-state index contributed by atoms with van der Waals surface area (Å²) >= 11 is 0. The second-order valence-electron chi connectivity index (χ2n) is 2.52. The number of hydrogen-bond acceptors (Lipinski definition) is 4. The fraction of sp³-hybridized carbons (Fsp3) is 0.200. The van der Waals surface area contributed by atoms with E-state index in [-0.39, 0.29) is 0 Å². The molecule has 1 rings (SSSR count). The van der Waals surface area contributed by atoms with Crippen LogP contribution in [0, 0.1) is 0 Å². The molecular formula is C10H11NO3. The van der Waals surface area contributed by atoms with Crippen LogP contribution < -0.4 is 0 Å². The van der Waals surface area contributed by atoms with E-state index in [0.29, 0.717) is 6.61 Å². The van der Waals surface area contributed by atoms with E-state index in [2.05, 4.69) is 9.89 Å². The van der Waals surface area contributed by atoms with Gasteiger partial charge in [0.1, 0.15) is 6.61 Å². The van der Waals surface area contributed by atoms with Crippen molar-refractivity contribution in [3.63, 3.8) is 0 Å².